The van der Waals surface area contributed by atoms with Gasteiger partial charge in [-0.15, -0.1) is 0 Å². The number of nitrogens with one attached hydrogen (secondary N) is 3. The standard InChI is InChI=1S/C29H36F3N5O3/c1-2-33-27(39)20-8-10-25(11-9-20)36-14-4-7-24(13-16-36)37-15-12-23(19-37)35-26(38)18-34-28(40)21-5-3-6-22(17-21)29(30,31)32/h3,5-6,8-11,17,23-24H,2,4,7,12-16,18-19H2,1H3,(H,33,39)(H,34,40)(H,35,38)/t23-,24?/m1/s1. The van der Waals surface area contributed by atoms with Gasteiger partial charge in [-0.2, -0.15) is 13.2 Å². The SMILES string of the molecule is CCNC(=O)c1ccc(N2CCCC(N3CC[C@@H](NC(=O)CNC(=O)c4cccc(C(F)(F)F)c4)C3)CC2)cc1. The first-order valence-electron chi connectivity index (χ1n) is 13.8. The number of nitrogens with zero attached hydrogens (tertiary/aromatic N) is 2. The van der Waals surface area contributed by atoms with E-state index in [0.29, 0.717) is 18.2 Å². The van der Waals surface area contributed by atoms with Gasteiger partial charge in [-0.05, 0) is 75.1 Å². The Bertz CT molecular complexity index is 1190. The van der Waals surface area contributed by atoms with E-state index in [1.54, 1.807) is 0 Å². The van der Waals surface area contributed by atoms with Gasteiger partial charge in [0.25, 0.3) is 11.8 Å². The number of benzene rings is 2. The molecule has 3 N–H and O–H groups in total. The van der Waals surface area contributed by atoms with Crippen LogP contribution >= 0.6 is 0 Å². The Kier molecular flexibility index (Phi) is 9.67. The molecule has 1 unspecified atom stereocenters. The second kappa shape index (κ2) is 13.2. The Morgan fingerprint density at radius 3 is 2.38 bits per heavy atom. The summed E-state index contributed by atoms with van der Waals surface area (Å²) in [6, 6.07) is 12.2. The smallest absolute Gasteiger partial charge is 0.371 e. The molecule has 0 bridgehead atoms. The number of amides is 3. The average molecular weight is 560 g/mol. The van der Waals surface area contributed by atoms with Crippen molar-refractivity contribution in [2.45, 2.75) is 50.9 Å². The third kappa shape index (κ3) is 7.74. The summed E-state index contributed by atoms with van der Waals surface area (Å²) < 4.78 is 38.7. The van der Waals surface area contributed by atoms with Crippen molar-refractivity contribution < 1.29 is 27.6 Å². The number of hydrogen-bond acceptors (Lipinski definition) is 5. The summed E-state index contributed by atoms with van der Waals surface area (Å²) in [6.45, 7) is 5.62. The predicted molar refractivity (Wildman–Crippen MR) is 146 cm³/mol. The van der Waals surface area contributed by atoms with Gasteiger partial charge in [0.05, 0.1) is 12.1 Å². The zero-order valence-corrected chi connectivity index (χ0v) is 22.6. The van der Waals surface area contributed by atoms with Gasteiger partial charge < -0.3 is 20.9 Å². The molecule has 2 atom stereocenters. The summed E-state index contributed by atoms with van der Waals surface area (Å²) in [5.41, 5.74) is 0.702. The molecule has 0 radical (unpaired) electrons. The van der Waals surface area contributed by atoms with Crippen LogP contribution in [0.15, 0.2) is 48.5 Å². The Morgan fingerprint density at radius 1 is 0.900 bits per heavy atom. The molecule has 0 saturated carbocycles. The van der Waals surface area contributed by atoms with E-state index < -0.39 is 17.6 Å². The Morgan fingerprint density at radius 2 is 1.65 bits per heavy atom. The van der Waals surface area contributed by atoms with Crippen molar-refractivity contribution in [1.29, 1.82) is 0 Å². The highest BCUT2D eigenvalue weighted by atomic mass is 19.4. The minimum atomic E-state index is -4.54. The molecule has 40 heavy (non-hydrogen) atoms. The molecule has 2 heterocycles. The number of rotatable bonds is 8. The lowest BCUT2D eigenvalue weighted by Gasteiger charge is -2.27. The number of carbonyl (C=O) groups is 3. The zero-order chi connectivity index (χ0) is 28.7. The summed E-state index contributed by atoms with van der Waals surface area (Å²) in [7, 11) is 0. The lowest BCUT2D eigenvalue weighted by Crippen LogP contribution is -2.44. The van der Waals surface area contributed by atoms with Gasteiger partial charge in [-0.25, -0.2) is 0 Å². The van der Waals surface area contributed by atoms with Crippen LogP contribution in [0.25, 0.3) is 0 Å². The van der Waals surface area contributed by atoms with E-state index in [9.17, 15) is 27.6 Å². The van der Waals surface area contributed by atoms with E-state index in [4.69, 9.17) is 0 Å². The number of alkyl halides is 3. The van der Waals surface area contributed by atoms with Crippen LogP contribution in [-0.4, -0.2) is 74.0 Å². The molecule has 11 heteroatoms. The van der Waals surface area contributed by atoms with Gasteiger partial charge in [-0.1, -0.05) is 6.07 Å². The summed E-state index contributed by atoms with van der Waals surface area (Å²) in [5, 5.41) is 8.17. The second-order valence-corrected chi connectivity index (χ2v) is 10.3. The number of likely N-dealkylation sites (tertiary alicyclic amines) is 1. The zero-order valence-electron chi connectivity index (χ0n) is 22.6. The highest BCUT2D eigenvalue weighted by Crippen LogP contribution is 2.29. The normalized spacial score (nSPS) is 20.1. The van der Waals surface area contributed by atoms with Crippen LogP contribution < -0.4 is 20.9 Å². The van der Waals surface area contributed by atoms with Crippen molar-refractivity contribution >= 4 is 23.4 Å². The molecule has 2 saturated heterocycles. The maximum Gasteiger partial charge on any atom is 0.416 e. The minimum absolute atomic E-state index is 0.0425. The molecule has 3 amide bonds. The first-order chi connectivity index (χ1) is 19.1. The molecule has 4 rings (SSSR count). The number of carbonyl (C=O) groups excluding carboxylic acids is 3. The molecule has 8 nitrogen and oxygen atoms in total. The highest BCUT2D eigenvalue weighted by Gasteiger charge is 2.32. The summed E-state index contributed by atoms with van der Waals surface area (Å²) in [5.74, 6) is -1.16. The molecule has 2 fully saturated rings. The number of anilines is 1. The van der Waals surface area contributed by atoms with Crippen LogP contribution in [0.5, 0.6) is 0 Å². The molecule has 0 spiro atoms. The van der Waals surface area contributed by atoms with Crippen LogP contribution in [0.1, 0.15) is 58.9 Å². The summed E-state index contributed by atoms with van der Waals surface area (Å²) in [6.07, 6.45) is -0.656. The molecule has 2 aliphatic heterocycles. The van der Waals surface area contributed by atoms with Gasteiger partial charge in [0.1, 0.15) is 0 Å². The number of hydrogen-bond donors (Lipinski definition) is 3. The van der Waals surface area contributed by atoms with E-state index >= 15 is 0 Å². The van der Waals surface area contributed by atoms with Gasteiger partial charge in [-0.3, -0.25) is 19.3 Å². The Balaban J connectivity index is 1.21. The maximum atomic E-state index is 12.9. The van der Waals surface area contributed by atoms with Crippen LogP contribution in [0, 0.1) is 0 Å². The Hall–Kier alpha value is -3.60. The van der Waals surface area contributed by atoms with Gasteiger partial charge in [0.15, 0.2) is 0 Å². The fourth-order valence-electron chi connectivity index (χ4n) is 5.40. The molecule has 2 aromatic carbocycles. The van der Waals surface area contributed by atoms with Crippen LogP contribution in [0.4, 0.5) is 18.9 Å². The van der Waals surface area contributed by atoms with E-state index in [1.165, 1.54) is 12.1 Å². The molecule has 0 aromatic heterocycles. The van der Waals surface area contributed by atoms with E-state index in [-0.39, 0.29) is 30.0 Å². The largest absolute Gasteiger partial charge is 0.416 e. The van der Waals surface area contributed by atoms with Crippen molar-refractivity contribution in [1.82, 2.24) is 20.9 Å². The van der Waals surface area contributed by atoms with Crippen LogP contribution in [0.3, 0.4) is 0 Å². The van der Waals surface area contributed by atoms with E-state index in [1.807, 2.05) is 31.2 Å². The third-order valence-electron chi connectivity index (χ3n) is 7.49. The van der Waals surface area contributed by atoms with Crippen LogP contribution in [-0.2, 0) is 11.0 Å². The summed E-state index contributed by atoms with van der Waals surface area (Å²) >= 11 is 0. The maximum absolute atomic E-state index is 12.9. The van der Waals surface area contributed by atoms with Gasteiger partial charge in [0, 0.05) is 61.6 Å². The third-order valence-corrected chi connectivity index (χ3v) is 7.49. The van der Waals surface area contributed by atoms with Crippen molar-refractivity contribution in [2.75, 3.05) is 44.2 Å². The molecular formula is C29H36F3N5O3. The van der Waals surface area contributed by atoms with Crippen molar-refractivity contribution in [3.8, 4) is 0 Å². The predicted octanol–water partition coefficient (Wildman–Crippen LogP) is 3.43. The van der Waals surface area contributed by atoms with Crippen molar-refractivity contribution in [2.24, 2.45) is 0 Å². The van der Waals surface area contributed by atoms with Gasteiger partial charge >= 0.3 is 6.18 Å². The van der Waals surface area contributed by atoms with E-state index in [2.05, 4.69) is 25.8 Å². The second-order valence-electron chi connectivity index (χ2n) is 10.3. The monoisotopic (exact) mass is 559 g/mol. The lowest BCUT2D eigenvalue weighted by molar-refractivity contribution is -0.137. The fraction of sp³-hybridized carbons (Fsp3) is 0.483. The summed E-state index contributed by atoms with van der Waals surface area (Å²) in [4.78, 5) is 41.5. The first-order valence-corrected chi connectivity index (χ1v) is 13.8. The molecule has 2 aliphatic rings. The first kappa shape index (κ1) is 29.4. The van der Waals surface area contributed by atoms with Crippen molar-refractivity contribution in [3.05, 3.63) is 65.2 Å². The molecular weight excluding hydrogens is 523 g/mol. The topological polar surface area (TPSA) is 93.8 Å². The van der Waals surface area contributed by atoms with E-state index in [0.717, 1.165) is 69.7 Å². The fourth-order valence-corrected chi connectivity index (χ4v) is 5.40. The highest BCUT2D eigenvalue weighted by molar-refractivity contribution is 5.96. The lowest BCUT2D eigenvalue weighted by atomic mass is 10.1. The van der Waals surface area contributed by atoms with Gasteiger partial charge in [0.2, 0.25) is 5.91 Å². The van der Waals surface area contributed by atoms with Crippen LogP contribution in [0.2, 0.25) is 0 Å². The molecule has 216 valence electrons. The molecule has 0 aliphatic carbocycles. The Labute approximate surface area is 232 Å². The average Bonchev–Trinajstić information content (AvgIpc) is 3.26. The number of halogens is 3. The molecule has 2 aromatic rings. The quantitative estimate of drug-likeness (QED) is 0.461. The minimum Gasteiger partial charge on any atom is -0.371 e. The van der Waals surface area contributed by atoms with Crippen molar-refractivity contribution in [3.63, 3.8) is 0 Å².